The second kappa shape index (κ2) is 10.5. The summed E-state index contributed by atoms with van der Waals surface area (Å²) in [4.78, 5) is 27.3. The minimum absolute atomic E-state index is 0.000719. The number of sulfonamides is 1. The van der Waals surface area contributed by atoms with E-state index in [4.69, 9.17) is 11.6 Å². The number of carbonyl (C=O) groups is 2. The summed E-state index contributed by atoms with van der Waals surface area (Å²) in [5, 5.41) is 10.2. The molecule has 1 aromatic heterocycles. The van der Waals surface area contributed by atoms with E-state index >= 15 is 0 Å². The van der Waals surface area contributed by atoms with Crippen LogP contribution in [0.1, 0.15) is 46.4 Å². The van der Waals surface area contributed by atoms with Crippen LogP contribution in [0.4, 0.5) is 10.8 Å². The van der Waals surface area contributed by atoms with Crippen molar-refractivity contribution in [2.24, 2.45) is 0 Å². The van der Waals surface area contributed by atoms with E-state index in [2.05, 4.69) is 20.2 Å². The Kier molecular flexibility index (Phi) is 7.44. The number of anilines is 2. The van der Waals surface area contributed by atoms with Crippen LogP contribution in [0.25, 0.3) is 0 Å². The number of hydrogen-bond acceptors (Lipinski definition) is 7. The van der Waals surface area contributed by atoms with Gasteiger partial charge in [-0.25, -0.2) is 0 Å². The van der Waals surface area contributed by atoms with Gasteiger partial charge in [0.2, 0.25) is 5.13 Å². The average molecular weight is 520 g/mol. The fourth-order valence-electron chi connectivity index (χ4n) is 3.57. The van der Waals surface area contributed by atoms with Crippen LogP contribution in [-0.2, 0) is 10.0 Å². The monoisotopic (exact) mass is 519 g/mol. The van der Waals surface area contributed by atoms with Crippen LogP contribution in [0.15, 0.2) is 52.9 Å². The molecular weight excluding hydrogens is 498 g/mol. The van der Waals surface area contributed by atoms with Crippen LogP contribution in [-0.4, -0.2) is 48.4 Å². The number of carbonyl (C=O) groups excluding carboxylic acids is 2. The lowest BCUT2D eigenvalue weighted by Gasteiger charge is -2.22. The first-order valence-corrected chi connectivity index (χ1v) is 13.3. The molecule has 0 atom stereocenters. The standard InChI is InChI=1S/C22H22ClN5O4S2/c23-17-11-5-3-9-15(17)19(29)24-21-25-26-22(33-21)34(31,32)27-18-12-6-4-10-16(18)20(30)28-13-7-1-2-8-14-28/h3-6,9-12,27H,1-2,7-8,13-14H2,(H,24,25,29). The normalized spacial score (nSPS) is 14.3. The van der Waals surface area contributed by atoms with Crippen LogP contribution in [0.2, 0.25) is 5.02 Å². The molecular formula is C22H22ClN5O4S2. The van der Waals surface area contributed by atoms with Gasteiger partial charge in [0.1, 0.15) is 0 Å². The van der Waals surface area contributed by atoms with Crippen molar-refractivity contribution in [2.75, 3.05) is 23.1 Å². The highest BCUT2D eigenvalue weighted by atomic mass is 35.5. The van der Waals surface area contributed by atoms with Gasteiger partial charge in [-0.2, -0.15) is 8.42 Å². The lowest BCUT2D eigenvalue weighted by Crippen LogP contribution is -2.32. The zero-order valence-electron chi connectivity index (χ0n) is 18.0. The topological polar surface area (TPSA) is 121 Å². The fraction of sp³-hybridized carbons (Fsp3) is 0.273. The third kappa shape index (κ3) is 5.54. The smallest absolute Gasteiger partial charge is 0.291 e. The van der Waals surface area contributed by atoms with Crippen LogP contribution in [0.5, 0.6) is 0 Å². The largest absolute Gasteiger partial charge is 0.339 e. The van der Waals surface area contributed by atoms with E-state index in [-0.39, 0.29) is 37.2 Å². The molecule has 2 amide bonds. The van der Waals surface area contributed by atoms with E-state index in [1.54, 1.807) is 41.3 Å². The van der Waals surface area contributed by atoms with Gasteiger partial charge in [0, 0.05) is 13.1 Å². The summed E-state index contributed by atoms with van der Waals surface area (Å²) in [5.74, 6) is -0.753. The van der Waals surface area contributed by atoms with Crippen molar-refractivity contribution in [1.82, 2.24) is 15.1 Å². The molecule has 1 saturated heterocycles. The lowest BCUT2D eigenvalue weighted by atomic mass is 10.1. The van der Waals surface area contributed by atoms with Crippen molar-refractivity contribution >= 4 is 55.6 Å². The summed E-state index contributed by atoms with van der Waals surface area (Å²) in [6.45, 7) is 1.29. The van der Waals surface area contributed by atoms with Gasteiger partial charge in [-0.3, -0.25) is 19.6 Å². The molecule has 12 heteroatoms. The van der Waals surface area contributed by atoms with Gasteiger partial charge in [0.05, 0.1) is 21.8 Å². The van der Waals surface area contributed by atoms with Crippen LogP contribution >= 0.6 is 22.9 Å². The van der Waals surface area contributed by atoms with Gasteiger partial charge in [-0.05, 0) is 37.1 Å². The molecule has 1 fully saturated rings. The molecule has 34 heavy (non-hydrogen) atoms. The Bertz CT molecular complexity index is 1300. The van der Waals surface area contributed by atoms with Gasteiger partial charge in [0.25, 0.3) is 26.2 Å². The quantitative estimate of drug-likeness (QED) is 0.469. The van der Waals surface area contributed by atoms with Crippen LogP contribution < -0.4 is 10.0 Å². The molecule has 0 radical (unpaired) electrons. The Morgan fingerprint density at radius 1 is 0.912 bits per heavy atom. The first kappa shape index (κ1) is 24.1. The van der Waals surface area contributed by atoms with Crippen LogP contribution in [0, 0.1) is 0 Å². The Morgan fingerprint density at radius 2 is 1.56 bits per heavy atom. The van der Waals surface area contributed by atoms with E-state index in [9.17, 15) is 18.0 Å². The molecule has 0 saturated carbocycles. The van der Waals surface area contributed by atoms with E-state index in [1.807, 2.05) is 0 Å². The van der Waals surface area contributed by atoms with Crippen molar-refractivity contribution in [1.29, 1.82) is 0 Å². The van der Waals surface area contributed by atoms with Crippen molar-refractivity contribution in [3.63, 3.8) is 0 Å². The Morgan fingerprint density at radius 3 is 2.26 bits per heavy atom. The second-order valence-electron chi connectivity index (χ2n) is 7.66. The predicted octanol–water partition coefficient (Wildman–Crippen LogP) is 4.26. The maximum atomic E-state index is 13.1. The molecule has 9 nitrogen and oxygen atoms in total. The number of benzene rings is 2. The molecule has 2 N–H and O–H groups in total. The summed E-state index contributed by atoms with van der Waals surface area (Å²) in [6, 6.07) is 12.9. The van der Waals surface area contributed by atoms with Gasteiger partial charge in [-0.15, -0.1) is 10.2 Å². The fourth-order valence-corrected chi connectivity index (χ4v) is 5.77. The molecule has 0 bridgehead atoms. The molecule has 4 rings (SSSR count). The van der Waals surface area contributed by atoms with Gasteiger partial charge in [-0.1, -0.05) is 60.0 Å². The third-order valence-electron chi connectivity index (χ3n) is 5.27. The highest BCUT2D eigenvalue weighted by Gasteiger charge is 2.25. The van der Waals surface area contributed by atoms with Crippen LogP contribution in [0.3, 0.4) is 0 Å². The van der Waals surface area contributed by atoms with E-state index in [0.29, 0.717) is 24.4 Å². The van der Waals surface area contributed by atoms with Gasteiger partial charge in [0.15, 0.2) is 0 Å². The van der Waals surface area contributed by atoms with Crippen molar-refractivity contribution in [2.45, 2.75) is 30.0 Å². The highest BCUT2D eigenvalue weighted by molar-refractivity contribution is 7.94. The number of likely N-dealkylation sites (tertiary alicyclic amines) is 1. The molecule has 1 aliphatic rings. The number of nitrogens with zero attached hydrogens (tertiary/aromatic N) is 3. The molecule has 0 aliphatic carbocycles. The number of rotatable bonds is 6. The third-order valence-corrected chi connectivity index (χ3v) is 8.17. The first-order valence-electron chi connectivity index (χ1n) is 10.7. The average Bonchev–Trinajstić information content (AvgIpc) is 3.13. The van der Waals surface area contributed by atoms with Crippen molar-refractivity contribution in [3.8, 4) is 0 Å². The molecule has 0 unspecified atom stereocenters. The van der Waals surface area contributed by atoms with Gasteiger partial charge < -0.3 is 4.90 Å². The summed E-state index contributed by atoms with van der Waals surface area (Å²) < 4.78 is 28.0. The number of para-hydroxylation sites is 1. The minimum Gasteiger partial charge on any atom is -0.339 e. The Labute approximate surface area is 206 Å². The number of hydrogen-bond donors (Lipinski definition) is 2. The summed E-state index contributed by atoms with van der Waals surface area (Å²) in [5.41, 5.74) is 0.654. The number of amides is 2. The maximum absolute atomic E-state index is 13.1. The summed E-state index contributed by atoms with van der Waals surface area (Å²) in [7, 11) is -4.15. The van der Waals surface area contributed by atoms with Crippen molar-refractivity contribution in [3.05, 3.63) is 64.7 Å². The molecule has 3 aromatic rings. The molecule has 2 heterocycles. The van der Waals surface area contributed by atoms with Gasteiger partial charge >= 0.3 is 0 Å². The predicted molar refractivity (Wildman–Crippen MR) is 131 cm³/mol. The summed E-state index contributed by atoms with van der Waals surface area (Å²) >= 11 is 6.72. The Hall–Kier alpha value is -3.02. The number of halogens is 1. The van der Waals surface area contributed by atoms with E-state index in [1.165, 1.54) is 12.1 Å². The van der Waals surface area contributed by atoms with E-state index < -0.39 is 15.9 Å². The summed E-state index contributed by atoms with van der Waals surface area (Å²) in [6.07, 6.45) is 4.00. The first-order chi connectivity index (χ1) is 16.3. The maximum Gasteiger partial charge on any atom is 0.291 e. The second-order valence-corrected chi connectivity index (χ2v) is 10.9. The molecule has 0 spiro atoms. The number of nitrogens with one attached hydrogen (secondary N) is 2. The Balaban J connectivity index is 1.51. The lowest BCUT2D eigenvalue weighted by molar-refractivity contribution is 0.0762. The molecule has 2 aromatic carbocycles. The number of aromatic nitrogens is 2. The molecule has 1 aliphatic heterocycles. The molecule has 178 valence electrons. The van der Waals surface area contributed by atoms with Crippen molar-refractivity contribution < 1.29 is 18.0 Å². The SMILES string of the molecule is O=C(Nc1nnc(S(=O)(=O)Nc2ccccc2C(=O)N2CCCCCC2)s1)c1ccccc1Cl. The highest BCUT2D eigenvalue weighted by Crippen LogP contribution is 2.26. The minimum atomic E-state index is -4.15. The van der Waals surface area contributed by atoms with E-state index in [0.717, 1.165) is 25.7 Å². The zero-order valence-corrected chi connectivity index (χ0v) is 20.4. The zero-order chi connectivity index (χ0) is 24.1.